The van der Waals surface area contributed by atoms with Crippen LogP contribution in [-0.2, 0) is 0 Å². The van der Waals surface area contributed by atoms with Crippen LogP contribution in [0.3, 0.4) is 0 Å². The minimum Gasteiger partial charge on any atom is -0.486 e. The Hall–Kier alpha value is -1.71. The van der Waals surface area contributed by atoms with Crippen molar-refractivity contribution in [2.45, 2.75) is 6.92 Å². The lowest BCUT2D eigenvalue weighted by Crippen LogP contribution is -2.18. The summed E-state index contributed by atoms with van der Waals surface area (Å²) in [5.74, 6) is 1.46. The Bertz CT molecular complexity index is 388. The van der Waals surface area contributed by atoms with E-state index in [1.54, 1.807) is 6.07 Å². The van der Waals surface area contributed by atoms with Gasteiger partial charge in [-0.3, -0.25) is 5.41 Å². The summed E-state index contributed by atoms with van der Waals surface area (Å²) in [6.07, 6.45) is 0. The van der Waals surface area contributed by atoms with Gasteiger partial charge in [-0.05, 0) is 24.6 Å². The van der Waals surface area contributed by atoms with Crippen molar-refractivity contribution in [2.75, 3.05) is 13.2 Å². The molecule has 0 fully saturated rings. The second-order valence-electron chi connectivity index (χ2n) is 3.22. The number of amidine groups is 1. The molecule has 1 heterocycles. The van der Waals surface area contributed by atoms with Crippen molar-refractivity contribution in [3.8, 4) is 11.5 Å². The number of aryl methyl sites for hydroxylation is 1. The molecule has 4 nitrogen and oxygen atoms in total. The quantitative estimate of drug-likeness (QED) is 0.516. The van der Waals surface area contributed by atoms with Crippen LogP contribution in [0.1, 0.15) is 11.1 Å². The molecule has 0 saturated carbocycles. The first kappa shape index (κ1) is 8.87. The van der Waals surface area contributed by atoms with Gasteiger partial charge in [-0.1, -0.05) is 0 Å². The van der Waals surface area contributed by atoms with E-state index in [2.05, 4.69) is 0 Å². The molecule has 0 amide bonds. The first-order valence-electron chi connectivity index (χ1n) is 4.43. The Morgan fingerprint density at radius 2 is 1.86 bits per heavy atom. The molecule has 3 N–H and O–H groups in total. The topological polar surface area (TPSA) is 68.3 Å². The lowest BCUT2D eigenvalue weighted by molar-refractivity contribution is 0.171. The van der Waals surface area contributed by atoms with Crippen LogP contribution >= 0.6 is 0 Å². The van der Waals surface area contributed by atoms with E-state index >= 15 is 0 Å². The summed E-state index contributed by atoms with van der Waals surface area (Å²) >= 11 is 0. The Balaban J connectivity index is 2.50. The van der Waals surface area contributed by atoms with Gasteiger partial charge in [0.1, 0.15) is 19.0 Å². The van der Waals surface area contributed by atoms with E-state index in [0.717, 1.165) is 11.3 Å². The maximum atomic E-state index is 7.37. The molecule has 2 rings (SSSR count). The molecular formula is C10H12N2O2. The van der Waals surface area contributed by atoms with Crippen LogP contribution in [0.25, 0.3) is 0 Å². The van der Waals surface area contributed by atoms with E-state index in [-0.39, 0.29) is 5.84 Å². The van der Waals surface area contributed by atoms with Gasteiger partial charge in [0.05, 0.1) is 0 Å². The van der Waals surface area contributed by atoms with Crippen molar-refractivity contribution < 1.29 is 9.47 Å². The highest BCUT2D eigenvalue weighted by Gasteiger charge is 2.14. The van der Waals surface area contributed by atoms with E-state index in [1.165, 1.54) is 0 Å². The summed E-state index contributed by atoms with van der Waals surface area (Å²) < 4.78 is 10.8. The molecule has 0 spiro atoms. The number of nitrogens with two attached hydrogens (primary N) is 1. The zero-order chi connectivity index (χ0) is 10.1. The number of fused-ring (bicyclic) bond motifs is 1. The highest BCUT2D eigenvalue weighted by Crippen LogP contribution is 2.32. The molecule has 1 aromatic rings. The first-order valence-corrected chi connectivity index (χ1v) is 4.43. The average Bonchev–Trinajstić information content (AvgIpc) is 2.16. The Morgan fingerprint density at radius 1 is 1.29 bits per heavy atom. The monoisotopic (exact) mass is 192 g/mol. The maximum Gasteiger partial charge on any atom is 0.162 e. The highest BCUT2D eigenvalue weighted by molar-refractivity contribution is 5.97. The van der Waals surface area contributed by atoms with Gasteiger partial charge in [-0.2, -0.15) is 0 Å². The molecule has 0 aromatic heterocycles. The van der Waals surface area contributed by atoms with Crippen molar-refractivity contribution in [2.24, 2.45) is 5.73 Å². The third-order valence-corrected chi connectivity index (χ3v) is 2.18. The van der Waals surface area contributed by atoms with Gasteiger partial charge >= 0.3 is 0 Å². The number of rotatable bonds is 1. The zero-order valence-electron chi connectivity index (χ0n) is 7.96. The minimum atomic E-state index is 0.0551. The predicted octanol–water partition coefficient (Wildman–Crippen LogP) is 1.05. The first-order chi connectivity index (χ1) is 6.68. The van der Waals surface area contributed by atoms with Crippen LogP contribution in [0.2, 0.25) is 0 Å². The van der Waals surface area contributed by atoms with Gasteiger partial charge in [-0.15, -0.1) is 0 Å². The summed E-state index contributed by atoms with van der Waals surface area (Å²) in [5, 5.41) is 7.37. The molecule has 1 aliphatic rings. The number of nitrogen functional groups attached to an aromatic ring is 1. The third kappa shape index (κ3) is 1.39. The third-order valence-electron chi connectivity index (χ3n) is 2.18. The molecule has 1 aromatic carbocycles. The fourth-order valence-electron chi connectivity index (χ4n) is 1.48. The van der Waals surface area contributed by atoms with Crippen LogP contribution in [0, 0.1) is 12.3 Å². The predicted molar refractivity (Wildman–Crippen MR) is 53.2 cm³/mol. The van der Waals surface area contributed by atoms with E-state index < -0.39 is 0 Å². The van der Waals surface area contributed by atoms with E-state index in [1.807, 2.05) is 13.0 Å². The molecule has 4 heteroatoms. The fraction of sp³-hybridized carbons (Fsp3) is 0.300. The van der Waals surface area contributed by atoms with Gasteiger partial charge in [0.15, 0.2) is 11.5 Å². The van der Waals surface area contributed by atoms with Gasteiger partial charge in [0.25, 0.3) is 0 Å². The summed E-state index contributed by atoms with van der Waals surface area (Å²) in [6.45, 7) is 3.02. The van der Waals surface area contributed by atoms with Crippen molar-refractivity contribution >= 4 is 5.84 Å². The Kier molecular flexibility index (Phi) is 2.04. The minimum absolute atomic E-state index is 0.0551. The van der Waals surface area contributed by atoms with Crippen LogP contribution in [0.5, 0.6) is 11.5 Å². The van der Waals surface area contributed by atoms with Crippen LogP contribution in [0.15, 0.2) is 12.1 Å². The molecular weight excluding hydrogens is 180 g/mol. The Morgan fingerprint density at radius 3 is 2.43 bits per heavy atom. The molecule has 0 bridgehead atoms. The summed E-state index contributed by atoms with van der Waals surface area (Å²) in [7, 11) is 0. The fourth-order valence-corrected chi connectivity index (χ4v) is 1.48. The second kappa shape index (κ2) is 3.21. The van der Waals surface area contributed by atoms with Gasteiger partial charge in [0.2, 0.25) is 0 Å². The number of ether oxygens (including phenoxy) is 2. The molecule has 14 heavy (non-hydrogen) atoms. The van der Waals surface area contributed by atoms with Crippen molar-refractivity contribution in [1.29, 1.82) is 5.41 Å². The second-order valence-corrected chi connectivity index (χ2v) is 3.22. The smallest absolute Gasteiger partial charge is 0.162 e. The van der Waals surface area contributed by atoms with Gasteiger partial charge in [0, 0.05) is 5.56 Å². The zero-order valence-corrected chi connectivity index (χ0v) is 7.96. The van der Waals surface area contributed by atoms with Crippen molar-refractivity contribution in [3.63, 3.8) is 0 Å². The van der Waals surface area contributed by atoms with Gasteiger partial charge < -0.3 is 15.2 Å². The lowest BCUT2D eigenvalue weighted by atomic mass is 10.1. The van der Waals surface area contributed by atoms with E-state index in [9.17, 15) is 0 Å². The molecule has 0 aliphatic carbocycles. The van der Waals surface area contributed by atoms with Crippen LogP contribution in [0.4, 0.5) is 0 Å². The van der Waals surface area contributed by atoms with Crippen molar-refractivity contribution in [3.05, 3.63) is 23.3 Å². The highest BCUT2D eigenvalue weighted by atomic mass is 16.6. The number of hydrogen-bond acceptors (Lipinski definition) is 3. The van der Waals surface area contributed by atoms with Gasteiger partial charge in [-0.25, -0.2) is 0 Å². The average molecular weight is 192 g/mol. The normalized spacial score (nSPS) is 13.8. The SMILES string of the molecule is Cc1cc2c(cc1C(=N)N)OCCO2. The molecule has 0 unspecified atom stereocenters. The summed E-state index contributed by atoms with van der Waals surface area (Å²) in [6, 6.07) is 3.61. The summed E-state index contributed by atoms with van der Waals surface area (Å²) in [5.41, 5.74) is 7.07. The Labute approximate surface area is 82.1 Å². The van der Waals surface area contributed by atoms with Crippen LogP contribution in [-0.4, -0.2) is 19.0 Å². The van der Waals surface area contributed by atoms with E-state index in [4.69, 9.17) is 20.6 Å². The number of benzene rings is 1. The molecule has 0 atom stereocenters. The van der Waals surface area contributed by atoms with Crippen LogP contribution < -0.4 is 15.2 Å². The molecule has 74 valence electrons. The van der Waals surface area contributed by atoms with Crippen molar-refractivity contribution in [1.82, 2.24) is 0 Å². The number of hydrogen-bond donors (Lipinski definition) is 2. The maximum absolute atomic E-state index is 7.37. The molecule has 1 aliphatic heterocycles. The lowest BCUT2D eigenvalue weighted by Gasteiger charge is -2.19. The standard InChI is InChI=1S/C10H12N2O2/c1-6-4-8-9(14-3-2-13-8)5-7(6)10(11)12/h4-5H,2-3H2,1H3,(H3,11,12). The molecule has 0 radical (unpaired) electrons. The summed E-state index contributed by atoms with van der Waals surface area (Å²) in [4.78, 5) is 0. The molecule has 0 saturated heterocycles. The largest absolute Gasteiger partial charge is 0.486 e. The van der Waals surface area contributed by atoms with E-state index in [0.29, 0.717) is 24.5 Å². The number of nitrogens with one attached hydrogen (secondary N) is 1.